The summed E-state index contributed by atoms with van der Waals surface area (Å²) < 4.78 is 10.8. The minimum Gasteiger partial charge on any atom is -0.497 e. The zero-order chi connectivity index (χ0) is 21.0. The third-order valence-corrected chi connectivity index (χ3v) is 7.63. The first-order valence-electron chi connectivity index (χ1n) is 11.6. The van der Waals surface area contributed by atoms with Gasteiger partial charge in [-0.15, -0.1) is 0 Å². The first-order chi connectivity index (χ1) is 14.6. The molecule has 1 N–H and O–H groups in total. The standard InChI is InChI=1S/C24H37N3O3/c1-3-26-11-9-20-16-21(27-12-14-30-15-13-27)8-10-24(20,18-26)23(28)25-17-19-4-6-22(29-2)7-5-19/h4-7,20-21H,3,8-18H2,1-2H3,(H,25,28)/t20-,21?,24-/m1/s1. The SMILES string of the molecule is CCN1CC[C@@H]2CC(N3CCOCC3)CC[C@@]2(C(=O)NCc2ccc(OC)cc2)C1. The van der Waals surface area contributed by atoms with Crippen molar-refractivity contribution in [2.24, 2.45) is 11.3 Å². The number of carbonyl (C=O) groups is 1. The van der Waals surface area contributed by atoms with Crippen LogP contribution in [0.2, 0.25) is 0 Å². The van der Waals surface area contributed by atoms with Gasteiger partial charge < -0.3 is 19.7 Å². The van der Waals surface area contributed by atoms with Crippen LogP contribution in [0.3, 0.4) is 0 Å². The Bertz CT molecular complexity index is 704. The summed E-state index contributed by atoms with van der Waals surface area (Å²) in [5.41, 5.74) is 0.867. The van der Waals surface area contributed by atoms with Gasteiger partial charge in [-0.05, 0) is 62.4 Å². The van der Waals surface area contributed by atoms with Gasteiger partial charge in [-0.2, -0.15) is 0 Å². The number of nitrogens with one attached hydrogen (secondary N) is 1. The normalized spacial score (nSPS) is 30.5. The van der Waals surface area contributed by atoms with Gasteiger partial charge in [0.2, 0.25) is 5.91 Å². The summed E-state index contributed by atoms with van der Waals surface area (Å²) >= 11 is 0. The fourth-order valence-corrected chi connectivity index (χ4v) is 5.74. The van der Waals surface area contributed by atoms with E-state index in [4.69, 9.17) is 9.47 Å². The lowest BCUT2D eigenvalue weighted by atomic mass is 9.61. The van der Waals surface area contributed by atoms with Crippen LogP contribution in [-0.4, -0.2) is 74.8 Å². The van der Waals surface area contributed by atoms with Crippen molar-refractivity contribution in [1.82, 2.24) is 15.1 Å². The van der Waals surface area contributed by atoms with Crippen molar-refractivity contribution in [1.29, 1.82) is 0 Å². The molecule has 1 aromatic carbocycles. The Morgan fingerprint density at radius 3 is 2.67 bits per heavy atom. The maximum Gasteiger partial charge on any atom is 0.228 e. The van der Waals surface area contributed by atoms with Crippen LogP contribution in [0.5, 0.6) is 5.75 Å². The van der Waals surface area contributed by atoms with Gasteiger partial charge in [-0.25, -0.2) is 0 Å². The number of likely N-dealkylation sites (tertiary alicyclic amines) is 1. The Labute approximate surface area is 180 Å². The molecule has 0 bridgehead atoms. The van der Waals surface area contributed by atoms with E-state index in [0.717, 1.165) is 82.9 Å². The molecule has 2 heterocycles. The van der Waals surface area contributed by atoms with Crippen molar-refractivity contribution in [2.45, 2.75) is 45.2 Å². The summed E-state index contributed by atoms with van der Waals surface area (Å²) in [5, 5.41) is 3.30. The highest BCUT2D eigenvalue weighted by molar-refractivity contribution is 5.83. The van der Waals surface area contributed by atoms with Crippen LogP contribution >= 0.6 is 0 Å². The molecule has 6 heteroatoms. The molecule has 2 saturated heterocycles. The van der Waals surface area contributed by atoms with E-state index in [-0.39, 0.29) is 11.3 Å². The number of fused-ring (bicyclic) bond motifs is 1. The predicted octanol–water partition coefficient (Wildman–Crippen LogP) is 2.52. The van der Waals surface area contributed by atoms with Crippen LogP contribution in [0.25, 0.3) is 0 Å². The third kappa shape index (κ3) is 4.51. The zero-order valence-corrected chi connectivity index (χ0v) is 18.6. The number of amides is 1. The van der Waals surface area contributed by atoms with Gasteiger partial charge in [-0.1, -0.05) is 19.1 Å². The fourth-order valence-electron chi connectivity index (χ4n) is 5.74. The van der Waals surface area contributed by atoms with Crippen LogP contribution in [0, 0.1) is 11.3 Å². The van der Waals surface area contributed by atoms with E-state index in [1.807, 2.05) is 24.3 Å². The van der Waals surface area contributed by atoms with Crippen molar-refractivity contribution >= 4 is 5.91 Å². The first kappa shape index (κ1) is 21.6. The van der Waals surface area contributed by atoms with Crippen LogP contribution in [0.15, 0.2) is 24.3 Å². The molecule has 166 valence electrons. The Morgan fingerprint density at radius 2 is 1.97 bits per heavy atom. The quantitative estimate of drug-likeness (QED) is 0.774. The van der Waals surface area contributed by atoms with Crippen LogP contribution in [-0.2, 0) is 16.1 Å². The molecular formula is C24H37N3O3. The summed E-state index contributed by atoms with van der Waals surface area (Å²) in [6.45, 7) is 9.59. The number of carbonyl (C=O) groups excluding carboxylic acids is 1. The van der Waals surface area contributed by atoms with Crippen molar-refractivity contribution in [2.75, 3.05) is 53.0 Å². The van der Waals surface area contributed by atoms with Gasteiger partial charge in [0, 0.05) is 32.2 Å². The maximum absolute atomic E-state index is 13.6. The van der Waals surface area contributed by atoms with Gasteiger partial charge in [-0.3, -0.25) is 9.69 Å². The van der Waals surface area contributed by atoms with E-state index in [0.29, 0.717) is 18.5 Å². The Morgan fingerprint density at radius 1 is 1.20 bits per heavy atom. The van der Waals surface area contributed by atoms with Gasteiger partial charge in [0.15, 0.2) is 0 Å². The van der Waals surface area contributed by atoms with E-state index in [1.165, 1.54) is 0 Å². The number of nitrogens with zero attached hydrogens (tertiary/aromatic N) is 2. The second-order valence-corrected chi connectivity index (χ2v) is 9.12. The molecule has 30 heavy (non-hydrogen) atoms. The van der Waals surface area contributed by atoms with Crippen molar-refractivity contribution in [3.05, 3.63) is 29.8 Å². The average molecular weight is 416 g/mol. The largest absolute Gasteiger partial charge is 0.497 e. The number of benzene rings is 1. The summed E-state index contributed by atoms with van der Waals surface area (Å²) in [6, 6.07) is 8.58. The topological polar surface area (TPSA) is 54.0 Å². The van der Waals surface area contributed by atoms with Crippen molar-refractivity contribution in [3.63, 3.8) is 0 Å². The van der Waals surface area contributed by atoms with Gasteiger partial charge in [0.05, 0.1) is 25.7 Å². The Hall–Kier alpha value is -1.63. The Kier molecular flexibility index (Phi) is 6.96. The number of piperidine rings is 1. The molecule has 1 unspecified atom stereocenters. The molecule has 1 aliphatic carbocycles. The second-order valence-electron chi connectivity index (χ2n) is 9.12. The predicted molar refractivity (Wildman–Crippen MR) is 118 cm³/mol. The van der Waals surface area contributed by atoms with Crippen molar-refractivity contribution < 1.29 is 14.3 Å². The number of hydrogen-bond acceptors (Lipinski definition) is 5. The highest BCUT2D eigenvalue weighted by Gasteiger charge is 2.52. The molecule has 6 nitrogen and oxygen atoms in total. The van der Waals surface area contributed by atoms with E-state index in [9.17, 15) is 4.79 Å². The van der Waals surface area contributed by atoms with Crippen LogP contribution in [0.4, 0.5) is 0 Å². The molecule has 3 fully saturated rings. The molecule has 4 rings (SSSR count). The molecule has 1 saturated carbocycles. The van der Waals surface area contributed by atoms with Gasteiger partial charge in [0.1, 0.15) is 5.75 Å². The molecule has 1 amide bonds. The number of hydrogen-bond donors (Lipinski definition) is 1. The van der Waals surface area contributed by atoms with E-state index < -0.39 is 0 Å². The van der Waals surface area contributed by atoms with Crippen LogP contribution in [0.1, 0.15) is 38.2 Å². The summed E-state index contributed by atoms with van der Waals surface area (Å²) in [6.07, 6.45) is 4.38. The molecule has 1 aromatic rings. The second kappa shape index (κ2) is 9.67. The van der Waals surface area contributed by atoms with E-state index in [2.05, 4.69) is 22.0 Å². The van der Waals surface area contributed by atoms with Crippen LogP contribution < -0.4 is 10.1 Å². The smallest absolute Gasteiger partial charge is 0.228 e. The Balaban J connectivity index is 1.44. The monoisotopic (exact) mass is 415 g/mol. The molecule has 0 radical (unpaired) electrons. The van der Waals surface area contributed by atoms with E-state index >= 15 is 0 Å². The molecule has 3 aliphatic rings. The minimum absolute atomic E-state index is 0.247. The zero-order valence-electron chi connectivity index (χ0n) is 18.6. The minimum atomic E-state index is -0.247. The maximum atomic E-state index is 13.6. The highest BCUT2D eigenvalue weighted by Crippen LogP contribution is 2.47. The fraction of sp³-hybridized carbons (Fsp3) is 0.708. The highest BCUT2D eigenvalue weighted by atomic mass is 16.5. The number of rotatable bonds is 6. The average Bonchev–Trinajstić information content (AvgIpc) is 2.82. The summed E-state index contributed by atoms with van der Waals surface area (Å²) in [5.74, 6) is 1.57. The van der Waals surface area contributed by atoms with Gasteiger partial charge >= 0.3 is 0 Å². The molecule has 0 aromatic heterocycles. The number of methoxy groups -OCH3 is 1. The molecular weight excluding hydrogens is 378 g/mol. The summed E-state index contributed by atoms with van der Waals surface area (Å²) in [7, 11) is 1.67. The molecule has 0 spiro atoms. The lowest BCUT2D eigenvalue weighted by Crippen LogP contribution is -2.60. The van der Waals surface area contributed by atoms with E-state index in [1.54, 1.807) is 7.11 Å². The first-order valence-corrected chi connectivity index (χ1v) is 11.6. The molecule has 3 atom stereocenters. The third-order valence-electron chi connectivity index (χ3n) is 7.63. The number of ether oxygens (including phenoxy) is 2. The van der Waals surface area contributed by atoms with Crippen molar-refractivity contribution in [3.8, 4) is 5.75 Å². The molecule has 2 aliphatic heterocycles. The number of morpholine rings is 1. The lowest BCUT2D eigenvalue weighted by Gasteiger charge is -2.53. The van der Waals surface area contributed by atoms with Gasteiger partial charge in [0.25, 0.3) is 0 Å². The lowest BCUT2D eigenvalue weighted by molar-refractivity contribution is -0.145. The summed E-state index contributed by atoms with van der Waals surface area (Å²) in [4.78, 5) is 18.7.